The molecule has 0 amide bonds. The zero-order chi connectivity index (χ0) is 16.5. The number of nitrogens with zero attached hydrogens (tertiary/aromatic N) is 4. The first-order valence-electron chi connectivity index (χ1n) is 8.29. The Hall–Kier alpha value is -2.76. The molecule has 122 valence electrons. The third-order valence-electron chi connectivity index (χ3n) is 4.80. The highest BCUT2D eigenvalue weighted by atomic mass is 15.1. The molecule has 0 fully saturated rings. The minimum Gasteiger partial charge on any atom is -0.276 e. The lowest BCUT2D eigenvalue weighted by Gasteiger charge is -2.16. The number of aromatic nitrogens is 6. The third-order valence-corrected chi connectivity index (χ3v) is 4.80. The van der Waals surface area contributed by atoms with Crippen LogP contribution in [0.15, 0.2) is 36.9 Å². The first kappa shape index (κ1) is 14.8. The van der Waals surface area contributed by atoms with Crippen molar-refractivity contribution in [3.63, 3.8) is 0 Å². The van der Waals surface area contributed by atoms with Crippen LogP contribution in [0, 0.1) is 0 Å². The number of rotatable bonds is 5. The zero-order valence-corrected chi connectivity index (χ0v) is 13.8. The van der Waals surface area contributed by atoms with Crippen LogP contribution >= 0.6 is 0 Å². The molecule has 4 heterocycles. The molecule has 0 aliphatic carbocycles. The molecule has 4 rings (SSSR count). The van der Waals surface area contributed by atoms with Crippen molar-refractivity contribution in [1.82, 2.24) is 30.4 Å². The van der Waals surface area contributed by atoms with Gasteiger partial charge in [-0.2, -0.15) is 10.2 Å². The lowest BCUT2D eigenvalue weighted by molar-refractivity contribution is 0.568. The Labute approximate surface area is 139 Å². The van der Waals surface area contributed by atoms with Crippen molar-refractivity contribution in [2.75, 3.05) is 0 Å². The number of pyridine rings is 2. The second kappa shape index (κ2) is 6.03. The first-order chi connectivity index (χ1) is 11.7. The highest BCUT2D eigenvalue weighted by molar-refractivity contribution is 5.78. The van der Waals surface area contributed by atoms with Gasteiger partial charge in [0.1, 0.15) is 0 Å². The van der Waals surface area contributed by atoms with Crippen LogP contribution in [0.4, 0.5) is 0 Å². The number of fused-ring (bicyclic) bond motifs is 2. The molecule has 2 unspecified atom stereocenters. The SMILES string of the molecule is CC(CCC(C)c1ccnc2[nH]ncc12)c1cc2cn[nH]c2cn1. The van der Waals surface area contributed by atoms with E-state index in [-0.39, 0.29) is 0 Å². The van der Waals surface area contributed by atoms with Crippen LogP contribution in [0.3, 0.4) is 0 Å². The average Bonchev–Trinajstić information content (AvgIpc) is 3.26. The van der Waals surface area contributed by atoms with E-state index < -0.39 is 0 Å². The third kappa shape index (κ3) is 2.64. The quantitative estimate of drug-likeness (QED) is 0.584. The largest absolute Gasteiger partial charge is 0.276 e. The Morgan fingerprint density at radius 2 is 1.79 bits per heavy atom. The molecule has 0 saturated carbocycles. The molecule has 0 radical (unpaired) electrons. The predicted octanol–water partition coefficient (Wildman–Crippen LogP) is 3.92. The van der Waals surface area contributed by atoms with Crippen molar-refractivity contribution < 1.29 is 0 Å². The fourth-order valence-corrected chi connectivity index (χ4v) is 3.23. The normalized spacial score (nSPS) is 14.2. The molecule has 6 nitrogen and oxygen atoms in total. The molecule has 0 aliphatic heterocycles. The first-order valence-corrected chi connectivity index (χ1v) is 8.29. The van der Waals surface area contributed by atoms with Gasteiger partial charge in [-0.1, -0.05) is 13.8 Å². The van der Waals surface area contributed by atoms with Crippen LogP contribution in [0.2, 0.25) is 0 Å². The maximum atomic E-state index is 4.58. The van der Waals surface area contributed by atoms with Gasteiger partial charge in [0.05, 0.1) is 24.1 Å². The standard InChI is InChI=1S/C18H20N6/c1-11(14-5-6-19-18-15(14)9-22-24-18)3-4-12(2)16-7-13-8-21-23-17(13)10-20-16/h5-12H,3-4H2,1-2H3,(H,21,23)(H,19,22,24). The molecule has 4 aromatic heterocycles. The molecular formula is C18H20N6. The monoisotopic (exact) mass is 320 g/mol. The van der Waals surface area contributed by atoms with Gasteiger partial charge in [-0.25, -0.2) is 4.98 Å². The van der Waals surface area contributed by atoms with E-state index in [1.807, 2.05) is 24.8 Å². The van der Waals surface area contributed by atoms with Crippen LogP contribution in [-0.2, 0) is 0 Å². The second-order valence-electron chi connectivity index (χ2n) is 6.48. The molecule has 0 bridgehead atoms. The van der Waals surface area contributed by atoms with E-state index >= 15 is 0 Å². The molecule has 0 aliphatic rings. The summed E-state index contributed by atoms with van der Waals surface area (Å²) in [7, 11) is 0. The maximum Gasteiger partial charge on any atom is 0.155 e. The Balaban J connectivity index is 1.48. The average molecular weight is 320 g/mol. The van der Waals surface area contributed by atoms with Gasteiger partial charge in [-0.15, -0.1) is 0 Å². The summed E-state index contributed by atoms with van der Waals surface area (Å²) in [6, 6.07) is 4.23. The summed E-state index contributed by atoms with van der Waals surface area (Å²) < 4.78 is 0. The van der Waals surface area contributed by atoms with E-state index in [1.165, 1.54) is 5.56 Å². The van der Waals surface area contributed by atoms with E-state index in [9.17, 15) is 0 Å². The van der Waals surface area contributed by atoms with Crippen LogP contribution in [0.5, 0.6) is 0 Å². The number of H-pyrrole nitrogens is 2. The maximum absolute atomic E-state index is 4.58. The zero-order valence-electron chi connectivity index (χ0n) is 13.8. The summed E-state index contributed by atoms with van der Waals surface area (Å²) in [5.74, 6) is 0.863. The molecule has 6 heteroatoms. The van der Waals surface area contributed by atoms with Crippen molar-refractivity contribution in [1.29, 1.82) is 0 Å². The number of hydrogen-bond donors (Lipinski definition) is 2. The van der Waals surface area contributed by atoms with Crippen LogP contribution in [0.1, 0.15) is 49.8 Å². The number of hydrogen-bond acceptors (Lipinski definition) is 4. The Morgan fingerprint density at radius 1 is 0.958 bits per heavy atom. The van der Waals surface area contributed by atoms with E-state index in [4.69, 9.17) is 0 Å². The van der Waals surface area contributed by atoms with Crippen molar-refractivity contribution in [2.24, 2.45) is 0 Å². The molecular weight excluding hydrogens is 300 g/mol. The van der Waals surface area contributed by atoms with Crippen LogP contribution in [-0.4, -0.2) is 30.4 Å². The molecule has 2 N–H and O–H groups in total. The lowest BCUT2D eigenvalue weighted by atomic mass is 9.90. The summed E-state index contributed by atoms with van der Waals surface area (Å²) in [4.78, 5) is 8.89. The molecule has 0 spiro atoms. The summed E-state index contributed by atoms with van der Waals surface area (Å²) in [6.45, 7) is 4.50. The van der Waals surface area contributed by atoms with E-state index in [0.29, 0.717) is 11.8 Å². The smallest absolute Gasteiger partial charge is 0.155 e. The van der Waals surface area contributed by atoms with E-state index in [2.05, 4.69) is 56.3 Å². The van der Waals surface area contributed by atoms with Crippen LogP contribution in [0.25, 0.3) is 21.9 Å². The molecule has 0 saturated heterocycles. The van der Waals surface area contributed by atoms with Gasteiger partial charge >= 0.3 is 0 Å². The summed E-state index contributed by atoms with van der Waals surface area (Å²) in [5, 5.41) is 16.3. The summed E-state index contributed by atoms with van der Waals surface area (Å²) in [6.07, 6.45) is 9.61. The van der Waals surface area contributed by atoms with Crippen molar-refractivity contribution in [3.05, 3.63) is 48.2 Å². The van der Waals surface area contributed by atoms with Gasteiger partial charge in [-0.3, -0.25) is 15.2 Å². The number of aromatic amines is 2. The highest BCUT2D eigenvalue weighted by Gasteiger charge is 2.15. The number of nitrogens with one attached hydrogen (secondary N) is 2. The summed E-state index contributed by atoms with van der Waals surface area (Å²) >= 11 is 0. The topological polar surface area (TPSA) is 83.1 Å². The fraction of sp³-hybridized carbons (Fsp3) is 0.333. The summed E-state index contributed by atoms with van der Waals surface area (Å²) in [5.41, 5.74) is 4.27. The van der Waals surface area contributed by atoms with E-state index in [1.54, 1.807) is 0 Å². The van der Waals surface area contributed by atoms with Crippen molar-refractivity contribution >= 4 is 21.9 Å². The molecule has 24 heavy (non-hydrogen) atoms. The van der Waals surface area contributed by atoms with Gasteiger partial charge in [0.25, 0.3) is 0 Å². The Kier molecular flexibility index (Phi) is 3.72. The predicted molar refractivity (Wildman–Crippen MR) is 93.8 cm³/mol. The highest BCUT2D eigenvalue weighted by Crippen LogP contribution is 2.30. The van der Waals surface area contributed by atoms with Gasteiger partial charge < -0.3 is 0 Å². The Bertz CT molecular complexity index is 970. The van der Waals surface area contributed by atoms with Gasteiger partial charge in [0.2, 0.25) is 0 Å². The van der Waals surface area contributed by atoms with Crippen LogP contribution < -0.4 is 0 Å². The van der Waals surface area contributed by atoms with Gasteiger partial charge in [-0.05, 0) is 42.4 Å². The van der Waals surface area contributed by atoms with E-state index in [0.717, 1.165) is 40.5 Å². The molecule has 2 atom stereocenters. The molecule has 4 aromatic rings. The molecule has 0 aromatic carbocycles. The lowest BCUT2D eigenvalue weighted by Crippen LogP contribution is -2.01. The van der Waals surface area contributed by atoms with Gasteiger partial charge in [0.15, 0.2) is 5.65 Å². The van der Waals surface area contributed by atoms with Crippen molar-refractivity contribution in [2.45, 2.75) is 38.5 Å². The second-order valence-corrected chi connectivity index (χ2v) is 6.48. The fourth-order valence-electron chi connectivity index (χ4n) is 3.23. The Morgan fingerprint density at radius 3 is 2.71 bits per heavy atom. The minimum atomic E-state index is 0.411. The van der Waals surface area contributed by atoms with Crippen molar-refractivity contribution in [3.8, 4) is 0 Å². The minimum absolute atomic E-state index is 0.411. The van der Waals surface area contributed by atoms with Gasteiger partial charge in [0, 0.05) is 22.7 Å².